The van der Waals surface area contributed by atoms with Crippen LogP contribution in [-0.4, -0.2) is 9.78 Å². The van der Waals surface area contributed by atoms with Crippen molar-refractivity contribution in [3.63, 3.8) is 0 Å². The van der Waals surface area contributed by atoms with Gasteiger partial charge in [-0.3, -0.25) is 4.68 Å². The van der Waals surface area contributed by atoms with Gasteiger partial charge in [0, 0.05) is 7.05 Å². The van der Waals surface area contributed by atoms with Gasteiger partial charge in [0.25, 0.3) is 0 Å². The van der Waals surface area contributed by atoms with Gasteiger partial charge in [0.1, 0.15) is 0 Å². The van der Waals surface area contributed by atoms with Gasteiger partial charge in [0.15, 0.2) is 0 Å². The van der Waals surface area contributed by atoms with Gasteiger partial charge in [0.05, 0.1) is 23.1 Å². The fourth-order valence-corrected chi connectivity index (χ4v) is 2.76. The molecule has 0 saturated heterocycles. The van der Waals surface area contributed by atoms with Crippen LogP contribution in [0.3, 0.4) is 0 Å². The SMILES string of the molecule is CCCCCC(Nc1c(C)nn(C)c1C)c1ccccc1. The first-order valence-electron chi connectivity index (χ1n) is 7.95. The van der Waals surface area contributed by atoms with Crippen molar-refractivity contribution in [1.82, 2.24) is 9.78 Å². The standard InChI is InChI=1S/C18H27N3/c1-5-6-8-13-17(16-11-9-7-10-12-16)19-18-14(2)20-21(4)15(18)3/h7,9-12,17,19H,5-6,8,13H2,1-4H3. The number of hydrogen-bond donors (Lipinski definition) is 1. The lowest BCUT2D eigenvalue weighted by Crippen LogP contribution is -2.12. The molecule has 1 heterocycles. The van der Waals surface area contributed by atoms with Crippen molar-refractivity contribution in [1.29, 1.82) is 0 Å². The lowest BCUT2D eigenvalue weighted by molar-refractivity contribution is 0.605. The van der Waals surface area contributed by atoms with Crippen molar-refractivity contribution in [3.8, 4) is 0 Å². The fraction of sp³-hybridized carbons (Fsp3) is 0.500. The summed E-state index contributed by atoms with van der Waals surface area (Å²) in [6.45, 7) is 6.44. The summed E-state index contributed by atoms with van der Waals surface area (Å²) in [5.41, 5.74) is 4.81. The number of anilines is 1. The van der Waals surface area contributed by atoms with Crippen LogP contribution in [0.25, 0.3) is 0 Å². The Balaban J connectivity index is 2.19. The van der Waals surface area contributed by atoms with E-state index in [1.54, 1.807) is 0 Å². The zero-order valence-corrected chi connectivity index (χ0v) is 13.7. The molecule has 1 aromatic carbocycles. The maximum atomic E-state index is 4.51. The molecule has 1 unspecified atom stereocenters. The molecule has 114 valence electrons. The van der Waals surface area contributed by atoms with Crippen molar-refractivity contribution in [2.75, 3.05) is 5.32 Å². The lowest BCUT2D eigenvalue weighted by atomic mass is 10.00. The minimum Gasteiger partial charge on any atom is -0.375 e. The van der Waals surface area contributed by atoms with E-state index in [2.05, 4.69) is 61.5 Å². The number of hydrogen-bond acceptors (Lipinski definition) is 2. The minimum atomic E-state index is 0.361. The number of aromatic nitrogens is 2. The van der Waals surface area contributed by atoms with E-state index in [4.69, 9.17) is 0 Å². The Hall–Kier alpha value is -1.77. The molecule has 2 aromatic rings. The van der Waals surface area contributed by atoms with E-state index in [1.165, 1.54) is 36.2 Å². The van der Waals surface area contributed by atoms with E-state index in [-0.39, 0.29) is 0 Å². The second kappa shape index (κ2) is 7.30. The predicted molar refractivity (Wildman–Crippen MR) is 89.6 cm³/mol. The van der Waals surface area contributed by atoms with Crippen LogP contribution in [-0.2, 0) is 7.05 Å². The molecule has 0 radical (unpaired) electrons. The molecule has 0 amide bonds. The molecule has 1 aromatic heterocycles. The van der Waals surface area contributed by atoms with Crippen molar-refractivity contribution in [3.05, 3.63) is 47.3 Å². The zero-order chi connectivity index (χ0) is 15.2. The van der Waals surface area contributed by atoms with Gasteiger partial charge < -0.3 is 5.32 Å². The molecular formula is C18H27N3. The van der Waals surface area contributed by atoms with Crippen LogP contribution in [0, 0.1) is 13.8 Å². The topological polar surface area (TPSA) is 29.9 Å². The second-order valence-corrected chi connectivity index (χ2v) is 5.77. The molecule has 0 saturated carbocycles. The average molecular weight is 285 g/mol. The summed E-state index contributed by atoms with van der Waals surface area (Å²) in [6.07, 6.45) is 4.95. The molecule has 0 aliphatic heterocycles. The van der Waals surface area contributed by atoms with Crippen LogP contribution in [0.5, 0.6) is 0 Å². The summed E-state index contributed by atoms with van der Waals surface area (Å²) in [6, 6.07) is 11.1. The maximum Gasteiger partial charge on any atom is 0.0828 e. The Labute approximate surface area is 128 Å². The second-order valence-electron chi connectivity index (χ2n) is 5.77. The van der Waals surface area contributed by atoms with Crippen molar-refractivity contribution < 1.29 is 0 Å². The Morgan fingerprint density at radius 2 is 1.86 bits per heavy atom. The highest BCUT2D eigenvalue weighted by molar-refractivity contribution is 5.53. The molecule has 0 aliphatic rings. The summed E-state index contributed by atoms with van der Waals surface area (Å²) in [5, 5.41) is 8.24. The normalized spacial score (nSPS) is 12.4. The molecule has 3 heteroatoms. The number of rotatable bonds is 7. The van der Waals surface area contributed by atoms with E-state index in [0.29, 0.717) is 6.04 Å². The fourth-order valence-electron chi connectivity index (χ4n) is 2.76. The predicted octanol–water partition coefficient (Wildman–Crippen LogP) is 4.77. The first-order chi connectivity index (χ1) is 10.1. The van der Waals surface area contributed by atoms with Crippen molar-refractivity contribution in [2.24, 2.45) is 7.05 Å². The van der Waals surface area contributed by atoms with Gasteiger partial charge in [0.2, 0.25) is 0 Å². The van der Waals surface area contributed by atoms with Gasteiger partial charge in [-0.25, -0.2) is 0 Å². The maximum absolute atomic E-state index is 4.51. The van der Waals surface area contributed by atoms with E-state index >= 15 is 0 Å². The number of unbranched alkanes of at least 4 members (excludes halogenated alkanes) is 2. The van der Waals surface area contributed by atoms with Gasteiger partial charge in [-0.05, 0) is 25.8 Å². The zero-order valence-electron chi connectivity index (χ0n) is 13.7. The Morgan fingerprint density at radius 1 is 1.14 bits per heavy atom. The van der Waals surface area contributed by atoms with E-state index in [1.807, 2.05) is 11.7 Å². The third-order valence-corrected chi connectivity index (χ3v) is 4.13. The van der Waals surface area contributed by atoms with Crippen LogP contribution in [0.2, 0.25) is 0 Å². The number of nitrogens with zero attached hydrogens (tertiary/aromatic N) is 2. The summed E-state index contributed by atoms with van der Waals surface area (Å²) in [5.74, 6) is 0. The van der Waals surface area contributed by atoms with Crippen molar-refractivity contribution >= 4 is 5.69 Å². The quantitative estimate of drug-likeness (QED) is 0.743. The van der Waals surface area contributed by atoms with Gasteiger partial charge >= 0.3 is 0 Å². The number of nitrogens with one attached hydrogen (secondary N) is 1. The average Bonchev–Trinajstić information content (AvgIpc) is 2.73. The van der Waals surface area contributed by atoms with Gasteiger partial charge in [-0.15, -0.1) is 0 Å². The van der Waals surface area contributed by atoms with E-state index in [9.17, 15) is 0 Å². The van der Waals surface area contributed by atoms with Crippen LogP contribution in [0.1, 0.15) is 55.6 Å². The summed E-state index contributed by atoms with van der Waals surface area (Å²) in [7, 11) is 2.00. The monoisotopic (exact) mass is 285 g/mol. The summed E-state index contributed by atoms with van der Waals surface area (Å²) in [4.78, 5) is 0. The number of benzene rings is 1. The summed E-state index contributed by atoms with van der Waals surface area (Å²) >= 11 is 0. The van der Waals surface area contributed by atoms with Crippen LogP contribution < -0.4 is 5.32 Å². The summed E-state index contributed by atoms with van der Waals surface area (Å²) < 4.78 is 1.95. The van der Waals surface area contributed by atoms with Crippen LogP contribution in [0.4, 0.5) is 5.69 Å². The van der Waals surface area contributed by atoms with E-state index < -0.39 is 0 Å². The first-order valence-corrected chi connectivity index (χ1v) is 7.95. The highest BCUT2D eigenvalue weighted by Crippen LogP contribution is 2.28. The largest absolute Gasteiger partial charge is 0.375 e. The number of aryl methyl sites for hydroxylation is 2. The molecule has 0 bridgehead atoms. The lowest BCUT2D eigenvalue weighted by Gasteiger charge is -2.21. The third-order valence-electron chi connectivity index (χ3n) is 4.13. The van der Waals surface area contributed by atoms with Gasteiger partial charge in [-0.2, -0.15) is 5.10 Å². The molecule has 3 nitrogen and oxygen atoms in total. The minimum absolute atomic E-state index is 0.361. The Bertz CT molecular complexity index is 557. The van der Waals surface area contributed by atoms with Crippen LogP contribution in [0.15, 0.2) is 30.3 Å². The first kappa shape index (κ1) is 15.6. The molecule has 1 N–H and O–H groups in total. The highest BCUT2D eigenvalue weighted by atomic mass is 15.3. The molecular weight excluding hydrogens is 258 g/mol. The molecule has 21 heavy (non-hydrogen) atoms. The van der Waals surface area contributed by atoms with Gasteiger partial charge in [-0.1, -0.05) is 56.5 Å². The molecule has 0 aliphatic carbocycles. The smallest absolute Gasteiger partial charge is 0.0828 e. The van der Waals surface area contributed by atoms with Crippen LogP contribution >= 0.6 is 0 Å². The Morgan fingerprint density at radius 3 is 2.43 bits per heavy atom. The molecule has 2 rings (SSSR count). The van der Waals surface area contributed by atoms with E-state index in [0.717, 1.165) is 12.1 Å². The third kappa shape index (κ3) is 3.87. The van der Waals surface area contributed by atoms with Crippen molar-refractivity contribution in [2.45, 2.75) is 52.5 Å². The Kier molecular flexibility index (Phi) is 5.43. The molecule has 1 atom stereocenters. The highest BCUT2D eigenvalue weighted by Gasteiger charge is 2.16. The molecule has 0 spiro atoms. The molecule has 0 fully saturated rings.